The van der Waals surface area contributed by atoms with E-state index < -0.39 is 17.3 Å². The van der Waals surface area contributed by atoms with Gasteiger partial charge >= 0.3 is 0 Å². The van der Waals surface area contributed by atoms with Crippen molar-refractivity contribution < 1.29 is 9.18 Å². The summed E-state index contributed by atoms with van der Waals surface area (Å²) >= 11 is 0. The molecule has 1 atom stereocenters. The lowest BCUT2D eigenvalue weighted by Crippen LogP contribution is -2.35. The van der Waals surface area contributed by atoms with Crippen LogP contribution in [0.2, 0.25) is 0 Å². The molecule has 0 saturated carbocycles. The largest absolute Gasteiger partial charge is 0.366 e. The SMILES string of the molecule is CC[C@H](N)CN(C)Cc1c(-c2cc(C)cc(C)c2)cnc2ncn(-c3cc(F)cc(C(N)=O)c3)c(=O)c12. The molecule has 0 aliphatic heterocycles. The third kappa shape index (κ3) is 5.58. The fourth-order valence-corrected chi connectivity index (χ4v) is 4.59. The van der Waals surface area contributed by atoms with Crippen LogP contribution in [0.25, 0.3) is 27.8 Å². The van der Waals surface area contributed by atoms with Crippen LogP contribution in [0.5, 0.6) is 0 Å². The van der Waals surface area contributed by atoms with Gasteiger partial charge in [0.05, 0.1) is 11.1 Å². The van der Waals surface area contributed by atoms with E-state index in [-0.39, 0.29) is 22.9 Å². The first-order valence-electron chi connectivity index (χ1n) is 12.1. The highest BCUT2D eigenvalue weighted by Crippen LogP contribution is 2.30. The summed E-state index contributed by atoms with van der Waals surface area (Å²) in [6.07, 6.45) is 3.85. The van der Waals surface area contributed by atoms with Crippen LogP contribution in [-0.2, 0) is 6.54 Å². The maximum absolute atomic E-state index is 14.3. The Morgan fingerprint density at radius 1 is 1.11 bits per heavy atom. The van der Waals surface area contributed by atoms with E-state index >= 15 is 0 Å². The molecule has 0 saturated heterocycles. The minimum Gasteiger partial charge on any atom is -0.366 e. The zero-order valence-electron chi connectivity index (χ0n) is 21.5. The number of amides is 1. The van der Waals surface area contributed by atoms with Crippen molar-refractivity contribution in [3.63, 3.8) is 0 Å². The van der Waals surface area contributed by atoms with Crippen LogP contribution in [0.3, 0.4) is 0 Å². The van der Waals surface area contributed by atoms with E-state index in [0.717, 1.165) is 46.4 Å². The number of aryl methyl sites for hydroxylation is 2. The lowest BCUT2D eigenvalue weighted by atomic mass is 9.96. The molecule has 8 nitrogen and oxygen atoms in total. The van der Waals surface area contributed by atoms with Crippen LogP contribution < -0.4 is 17.0 Å². The Kier molecular flexibility index (Phi) is 7.47. The summed E-state index contributed by atoms with van der Waals surface area (Å²) in [5.74, 6) is -1.48. The van der Waals surface area contributed by atoms with Crippen LogP contribution >= 0.6 is 0 Å². The van der Waals surface area contributed by atoms with E-state index in [2.05, 4.69) is 33.1 Å². The molecule has 2 heterocycles. The van der Waals surface area contributed by atoms with Crippen LogP contribution in [-0.4, -0.2) is 45.0 Å². The molecule has 2 aromatic carbocycles. The minimum atomic E-state index is -0.795. The number of nitrogens with two attached hydrogens (primary N) is 2. The molecular formula is C28H31FN6O2. The van der Waals surface area contributed by atoms with Gasteiger partial charge in [-0.05, 0) is 56.6 Å². The Morgan fingerprint density at radius 3 is 2.46 bits per heavy atom. The quantitative estimate of drug-likeness (QED) is 0.381. The van der Waals surface area contributed by atoms with Crippen LogP contribution in [0.1, 0.15) is 40.4 Å². The predicted octanol–water partition coefficient (Wildman–Crippen LogP) is 3.47. The molecule has 0 aliphatic rings. The first-order valence-corrected chi connectivity index (χ1v) is 12.1. The van der Waals surface area contributed by atoms with Gasteiger partial charge in [-0.1, -0.05) is 36.2 Å². The summed E-state index contributed by atoms with van der Waals surface area (Å²) in [5, 5.41) is 0.320. The monoisotopic (exact) mass is 502 g/mol. The first-order chi connectivity index (χ1) is 17.6. The number of carbonyl (C=O) groups is 1. The van der Waals surface area contributed by atoms with Gasteiger partial charge in [0.1, 0.15) is 12.1 Å². The highest BCUT2D eigenvalue weighted by molar-refractivity contribution is 5.93. The average molecular weight is 503 g/mol. The van der Waals surface area contributed by atoms with Gasteiger partial charge in [-0.3, -0.25) is 14.2 Å². The summed E-state index contributed by atoms with van der Waals surface area (Å²) in [6.45, 7) is 7.12. The number of likely N-dealkylation sites (N-methyl/N-ethyl adjacent to an activating group) is 1. The Hall–Kier alpha value is -3.95. The maximum Gasteiger partial charge on any atom is 0.267 e. The van der Waals surface area contributed by atoms with Crippen molar-refractivity contribution in [3.05, 3.63) is 87.3 Å². The lowest BCUT2D eigenvalue weighted by Gasteiger charge is -2.23. The zero-order valence-corrected chi connectivity index (χ0v) is 21.5. The number of aromatic nitrogens is 3. The number of primary amides is 1. The molecular weight excluding hydrogens is 471 g/mol. The van der Waals surface area contributed by atoms with Crippen LogP contribution in [0, 0.1) is 19.7 Å². The summed E-state index contributed by atoms with van der Waals surface area (Å²) in [7, 11) is 1.95. The van der Waals surface area contributed by atoms with Crippen molar-refractivity contribution in [3.8, 4) is 16.8 Å². The Labute approximate surface area is 214 Å². The van der Waals surface area contributed by atoms with Gasteiger partial charge < -0.3 is 16.4 Å². The molecule has 0 aliphatic carbocycles. The third-order valence-electron chi connectivity index (χ3n) is 6.37. The molecule has 4 rings (SSSR count). The van der Waals surface area contributed by atoms with Crippen molar-refractivity contribution in [1.82, 2.24) is 19.4 Å². The molecule has 2 aromatic heterocycles. The van der Waals surface area contributed by atoms with Crippen molar-refractivity contribution in [2.24, 2.45) is 11.5 Å². The summed E-state index contributed by atoms with van der Waals surface area (Å²) in [6, 6.07) is 9.73. The standard InChI is InChI=1S/C28H31FN6O2/c1-5-21(30)13-34(4)14-24-23(18-7-16(2)6-17(3)8-18)12-32-27-25(24)28(37)35(15-33-27)22-10-19(26(31)36)9-20(29)11-22/h6-12,15,21H,5,13-14,30H2,1-4H3,(H2,31,36)/t21-/m0/s1. The second-order valence-electron chi connectivity index (χ2n) is 9.57. The van der Waals surface area contributed by atoms with Crippen molar-refractivity contribution in [2.75, 3.05) is 13.6 Å². The highest BCUT2D eigenvalue weighted by Gasteiger charge is 2.20. The van der Waals surface area contributed by atoms with Gasteiger partial charge in [0, 0.05) is 36.5 Å². The van der Waals surface area contributed by atoms with E-state index in [0.29, 0.717) is 18.5 Å². The molecule has 1 amide bonds. The summed E-state index contributed by atoms with van der Waals surface area (Å²) in [5.41, 5.74) is 16.2. The maximum atomic E-state index is 14.3. The second-order valence-corrected chi connectivity index (χ2v) is 9.57. The van der Waals surface area contributed by atoms with Crippen LogP contribution in [0.4, 0.5) is 4.39 Å². The predicted molar refractivity (Wildman–Crippen MR) is 143 cm³/mol. The van der Waals surface area contributed by atoms with Gasteiger partial charge in [-0.15, -0.1) is 0 Å². The summed E-state index contributed by atoms with van der Waals surface area (Å²) < 4.78 is 15.5. The molecule has 0 bridgehead atoms. The van der Waals surface area contributed by atoms with E-state index in [1.165, 1.54) is 17.0 Å². The normalized spacial score (nSPS) is 12.3. The smallest absolute Gasteiger partial charge is 0.267 e. The number of halogens is 1. The van der Waals surface area contributed by atoms with Crippen LogP contribution in [0.15, 0.2) is 53.7 Å². The van der Waals surface area contributed by atoms with E-state index in [9.17, 15) is 14.0 Å². The molecule has 4 aromatic rings. The number of nitrogens with zero attached hydrogens (tertiary/aromatic N) is 4. The molecule has 0 spiro atoms. The number of fused-ring (bicyclic) bond motifs is 1. The van der Waals surface area contributed by atoms with E-state index in [1.54, 1.807) is 6.20 Å². The number of hydrogen-bond acceptors (Lipinski definition) is 6. The highest BCUT2D eigenvalue weighted by atomic mass is 19.1. The summed E-state index contributed by atoms with van der Waals surface area (Å²) in [4.78, 5) is 36.6. The lowest BCUT2D eigenvalue weighted by molar-refractivity contribution is 0.1000. The van der Waals surface area contributed by atoms with E-state index in [4.69, 9.17) is 11.5 Å². The van der Waals surface area contributed by atoms with E-state index in [1.807, 2.05) is 27.8 Å². The van der Waals surface area contributed by atoms with Gasteiger partial charge in [-0.25, -0.2) is 14.4 Å². The van der Waals surface area contributed by atoms with Crippen molar-refractivity contribution >= 4 is 16.9 Å². The number of carbonyl (C=O) groups excluding carboxylic acids is 1. The molecule has 0 fully saturated rings. The Bertz CT molecular complexity index is 1530. The topological polar surface area (TPSA) is 120 Å². The number of rotatable bonds is 8. The molecule has 9 heteroatoms. The van der Waals surface area contributed by atoms with Crippen molar-refractivity contribution in [1.29, 1.82) is 0 Å². The van der Waals surface area contributed by atoms with Gasteiger partial charge in [0.25, 0.3) is 5.56 Å². The molecule has 4 N–H and O–H groups in total. The minimum absolute atomic E-state index is 0.0166. The zero-order chi connectivity index (χ0) is 26.9. The second kappa shape index (κ2) is 10.6. The average Bonchev–Trinajstić information content (AvgIpc) is 2.83. The van der Waals surface area contributed by atoms with Crippen molar-refractivity contribution in [2.45, 2.75) is 39.8 Å². The third-order valence-corrected chi connectivity index (χ3v) is 6.37. The molecule has 192 valence electrons. The van der Waals surface area contributed by atoms with Gasteiger partial charge in [0.15, 0.2) is 5.65 Å². The number of hydrogen-bond donors (Lipinski definition) is 2. The first kappa shape index (κ1) is 26.1. The van der Waals surface area contributed by atoms with Gasteiger partial charge in [-0.2, -0.15) is 0 Å². The Morgan fingerprint density at radius 2 is 1.81 bits per heavy atom. The fourth-order valence-electron chi connectivity index (χ4n) is 4.59. The fraction of sp³-hybridized carbons (Fsp3) is 0.286. The van der Waals surface area contributed by atoms with Gasteiger partial charge in [0.2, 0.25) is 5.91 Å². The molecule has 0 radical (unpaired) electrons. The molecule has 0 unspecified atom stereocenters. The number of benzene rings is 2. The molecule has 37 heavy (non-hydrogen) atoms. The Balaban J connectivity index is 1.99. The number of pyridine rings is 1.